The molecular formula is C18H17N. The summed E-state index contributed by atoms with van der Waals surface area (Å²) >= 11 is 0. The number of anilines is 1. The van der Waals surface area contributed by atoms with Crippen LogP contribution in [0.3, 0.4) is 0 Å². The van der Waals surface area contributed by atoms with Gasteiger partial charge in [0.25, 0.3) is 0 Å². The van der Waals surface area contributed by atoms with Gasteiger partial charge in [0.2, 0.25) is 0 Å². The van der Waals surface area contributed by atoms with Gasteiger partial charge in [-0.1, -0.05) is 79.9 Å². The maximum absolute atomic E-state index is 6.30. The minimum Gasteiger partial charge on any atom is -0.398 e. The van der Waals surface area contributed by atoms with Crippen LogP contribution in [0, 0.1) is 0 Å². The fourth-order valence-corrected chi connectivity index (χ4v) is 2.08. The molecule has 1 nitrogen and oxygen atoms in total. The molecule has 0 amide bonds. The Labute approximate surface area is 114 Å². The molecule has 0 aliphatic carbocycles. The van der Waals surface area contributed by atoms with Crippen molar-refractivity contribution in [2.75, 3.05) is 5.73 Å². The summed E-state index contributed by atoms with van der Waals surface area (Å²) in [5.74, 6) is 0. The molecule has 2 rings (SSSR count). The minimum atomic E-state index is 0.765. The summed E-state index contributed by atoms with van der Waals surface area (Å²) in [4.78, 5) is 0. The highest BCUT2D eigenvalue weighted by Gasteiger charge is 2.08. The first-order chi connectivity index (χ1) is 9.27. The molecule has 0 aliphatic heterocycles. The number of rotatable bonds is 4. The van der Waals surface area contributed by atoms with Crippen LogP contribution in [-0.2, 0) is 0 Å². The van der Waals surface area contributed by atoms with Gasteiger partial charge in [0, 0.05) is 16.8 Å². The van der Waals surface area contributed by atoms with E-state index in [4.69, 9.17) is 5.73 Å². The molecule has 2 aromatic rings. The van der Waals surface area contributed by atoms with Gasteiger partial charge in [0.1, 0.15) is 0 Å². The van der Waals surface area contributed by atoms with Crippen molar-refractivity contribution < 1.29 is 0 Å². The fraction of sp³-hybridized carbons (Fsp3) is 0. The molecule has 0 saturated carbocycles. The zero-order valence-electron chi connectivity index (χ0n) is 10.8. The van der Waals surface area contributed by atoms with Crippen molar-refractivity contribution in [2.45, 2.75) is 0 Å². The number of para-hydroxylation sites is 1. The second-order valence-electron chi connectivity index (χ2n) is 4.19. The van der Waals surface area contributed by atoms with Crippen LogP contribution >= 0.6 is 0 Å². The molecule has 0 radical (unpaired) electrons. The monoisotopic (exact) mass is 247 g/mol. The van der Waals surface area contributed by atoms with E-state index in [0.717, 1.165) is 28.0 Å². The Bertz CT molecular complexity index is 621. The van der Waals surface area contributed by atoms with Gasteiger partial charge in [-0.25, -0.2) is 0 Å². The highest BCUT2D eigenvalue weighted by molar-refractivity contribution is 5.89. The van der Waals surface area contributed by atoms with Gasteiger partial charge in [0.05, 0.1) is 0 Å². The zero-order chi connectivity index (χ0) is 13.7. The van der Waals surface area contributed by atoms with Gasteiger partial charge in [-0.2, -0.15) is 0 Å². The van der Waals surface area contributed by atoms with Crippen LogP contribution in [0.25, 0.3) is 16.7 Å². The summed E-state index contributed by atoms with van der Waals surface area (Å²) in [6, 6.07) is 16.2. The molecule has 0 bridgehead atoms. The van der Waals surface area contributed by atoms with Gasteiger partial charge in [0.15, 0.2) is 0 Å². The van der Waals surface area contributed by atoms with E-state index >= 15 is 0 Å². The smallest absolute Gasteiger partial charge is 0.0473 e. The summed E-state index contributed by atoms with van der Waals surface area (Å²) in [5.41, 5.74) is 11.2. The minimum absolute atomic E-state index is 0.765. The SMILES string of the molecule is C=C/C=C(\C=C)c1cccc(-c2ccccc2)c1N. The predicted octanol–water partition coefficient (Wildman–Crippen LogP) is 4.69. The highest BCUT2D eigenvalue weighted by atomic mass is 14.6. The number of nitrogens with two attached hydrogens (primary N) is 1. The Kier molecular flexibility index (Phi) is 3.99. The normalized spacial score (nSPS) is 11.1. The van der Waals surface area contributed by atoms with E-state index < -0.39 is 0 Å². The van der Waals surface area contributed by atoms with E-state index in [1.54, 1.807) is 12.2 Å². The molecule has 94 valence electrons. The lowest BCUT2D eigenvalue weighted by Gasteiger charge is -2.12. The van der Waals surface area contributed by atoms with E-state index in [1.165, 1.54) is 0 Å². The zero-order valence-corrected chi connectivity index (χ0v) is 10.8. The number of nitrogen functional groups attached to an aromatic ring is 1. The van der Waals surface area contributed by atoms with E-state index in [9.17, 15) is 0 Å². The Morgan fingerprint density at radius 2 is 1.68 bits per heavy atom. The van der Waals surface area contributed by atoms with Crippen molar-refractivity contribution in [3.63, 3.8) is 0 Å². The van der Waals surface area contributed by atoms with Crippen LogP contribution in [0.15, 0.2) is 79.9 Å². The van der Waals surface area contributed by atoms with Crippen LogP contribution < -0.4 is 5.73 Å². The van der Waals surface area contributed by atoms with Crippen LogP contribution in [0.1, 0.15) is 5.56 Å². The van der Waals surface area contributed by atoms with Crippen LogP contribution in [0.5, 0.6) is 0 Å². The standard InChI is InChI=1S/C18H17N/c1-3-9-14(4-2)16-12-8-13-17(18(16)19)15-10-6-5-7-11-15/h3-13H,1-2,19H2/b14-9+. The van der Waals surface area contributed by atoms with Gasteiger partial charge in [-0.05, 0) is 11.1 Å². The second-order valence-corrected chi connectivity index (χ2v) is 4.19. The van der Waals surface area contributed by atoms with E-state index in [2.05, 4.69) is 25.3 Å². The summed E-state index contributed by atoms with van der Waals surface area (Å²) in [7, 11) is 0. The van der Waals surface area contributed by atoms with Crippen LogP contribution in [0.4, 0.5) is 5.69 Å². The Morgan fingerprint density at radius 1 is 0.947 bits per heavy atom. The van der Waals surface area contributed by atoms with Crippen molar-refractivity contribution in [1.82, 2.24) is 0 Å². The predicted molar refractivity (Wildman–Crippen MR) is 84.7 cm³/mol. The summed E-state index contributed by atoms with van der Waals surface area (Å²) in [5, 5.41) is 0. The topological polar surface area (TPSA) is 26.0 Å². The number of benzene rings is 2. The molecule has 0 saturated heterocycles. The van der Waals surface area contributed by atoms with E-state index in [-0.39, 0.29) is 0 Å². The highest BCUT2D eigenvalue weighted by Crippen LogP contribution is 2.32. The molecule has 2 aromatic carbocycles. The number of allylic oxidation sites excluding steroid dienone is 4. The van der Waals surface area contributed by atoms with Crippen molar-refractivity contribution >= 4 is 11.3 Å². The van der Waals surface area contributed by atoms with Gasteiger partial charge in [-0.3, -0.25) is 0 Å². The largest absolute Gasteiger partial charge is 0.398 e. The van der Waals surface area contributed by atoms with Crippen molar-refractivity contribution in [3.05, 3.63) is 85.5 Å². The molecular weight excluding hydrogens is 230 g/mol. The molecule has 0 spiro atoms. The summed E-state index contributed by atoms with van der Waals surface area (Å²) < 4.78 is 0. The van der Waals surface area contributed by atoms with Crippen LogP contribution in [0.2, 0.25) is 0 Å². The van der Waals surface area contributed by atoms with Crippen molar-refractivity contribution in [3.8, 4) is 11.1 Å². The van der Waals surface area contributed by atoms with Crippen LogP contribution in [-0.4, -0.2) is 0 Å². The van der Waals surface area contributed by atoms with Crippen molar-refractivity contribution in [2.24, 2.45) is 0 Å². The Balaban J connectivity index is 2.59. The van der Waals surface area contributed by atoms with E-state index in [1.807, 2.05) is 42.5 Å². The molecule has 0 atom stereocenters. The molecule has 0 unspecified atom stereocenters. The lowest BCUT2D eigenvalue weighted by molar-refractivity contribution is 1.57. The molecule has 0 aromatic heterocycles. The third-order valence-corrected chi connectivity index (χ3v) is 3.02. The molecule has 0 fully saturated rings. The molecule has 0 aliphatic rings. The first-order valence-corrected chi connectivity index (χ1v) is 6.17. The average molecular weight is 247 g/mol. The number of hydrogen-bond donors (Lipinski definition) is 1. The molecule has 0 heterocycles. The maximum atomic E-state index is 6.30. The van der Waals surface area contributed by atoms with Gasteiger partial charge in [-0.15, -0.1) is 0 Å². The number of hydrogen-bond acceptors (Lipinski definition) is 1. The molecule has 19 heavy (non-hydrogen) atoms. The first-order valence-electron chi connectivity index (χ1n) is 6.17. The third kappa shape index (κ3) is 2.66. The summed E-state index contributed by atoms with van der Waals surface area (Å²) in [6.45, 7) is 7.55. The average Bonchev–Trinajstić information content (AvgIpc) is 2.46. The molecule has 2 N–H and O–H groups in total. The quantitative estimate of drug-likeness (QED) is 0.615. The first kappa shape index (κ1) is 12.9. The Hall–Kier alpha value is -2.54. The lowest BCUT2D eigenvalue weighted by atomic mass is 9.96. The van der Waals surface area contributed by atoms with Gasteiger partial charge >= 0.3 is 0 Å². The second kappa shape index (κ2) is 5.87. The van der Waals surface area contributed by atoms with Crippen molar-refractivity contribution in [1.29, 1.82) is 0 Å². The van der Waals surface area contributed by atoms with Gasteiger partial charge < -0.3 is 5.73 Å². The Morgan fingerprint density at radius 3 is 2.32 bits per heavy atom. The molecule has 1 heteroatoms. The summed E-state index contributed by atoms with van der Waals surface area (Å²) in [6.07, 6.45) is 5.45. The van der Waals surface area contributed by atoms with E-state index in [0.29, 0.717) is 0 Å². The third-order valence-electron chi connectivity index (χ3n) is 3.02. The maximum Gasteiger partial charge on any atom is 0.0473 e. The fourth-order valence-electron chi connectivity index (χ4n) is 2.08. The lowest BCUT2D eigenvalue weighted by Crippen LogP contribution is -1.96.